The maximum Gasteiger partial charge on any atom is 0.00386 e. The van der Waals surface area contributed by atoms with E-state index in [9.17, 15) is 0 Å². The summed E-state index contributed by atoms with van der Waals surface area (Å²) in [5.74, 6) is 0. The van der Waals surface area contributed by atoms with Gasteiger partial charge in [-0.1, -0.05) is 20.3 Å². The summed E-state index contributed by atoms with van der Waals surface area (Å²) in [4.78, 5) is 0. The topological polar surface area (TPSA) is 12.0 Å². The van der Waals surface area contributed by atoms with Crippen LogP contribution in [0.2, 0.25) is 0 Å². The highest BCUT2D eigenvalue weighted by molar-refractivity contribution is 4.57. The van der Waals surface area contributed by atoms with E-state index in [0.717, 1.165) is 6.04 Å². The summed E-state index contributed by atoms with van der Waals surface area (Å²) in [7, 11) is 0. The van der Waals surface area contributed by atoms with E-state index < -0.39 is 0 Å². The molecule has 9 heavy (non-hydrogen) atoms. The van der Waals surface area contributed by atoms with E-state index in [1.807, 2.05) is 0 Å². The van der Waals surface area contributed by atoms with Crippen LogP contribution < -0.4 is 5.32 Å². The van der Waals surface area contributed by atoms with Crippen molar-refractivity contribution in [3.05, 3.63) is 0 Å². The largest absolute Gasteiger partial charge is 0.314 e. The molecule has 0 aromatic rings. The molecular weight excluding hydrogens is 110 g/mol. The molecule has 0 aliphatic heterocycles. The van der Waals surface area contributed by atoms with Gasteiger partial charge in [0.15, 0.2) is 0 Å². The molecule has 0 bridgehead atoms. The van der Waals surface area contributed by atoms with Crippen LogP contribution in [0.25, 0.3) is 0 Å². The van der Waals surface area contributed by atoms with Gasteiger partial charge in [-0.2, -0.15) is 0 Å². The van der Waals surface area contributed by atoms with Gasteiger partial charge in [0.05, 0.1) is 0 Å². The van der Waals surface area contributed by atoms with E-state index >= 15 is 0 Å². The molecule has 56 valence electrons. The first-order valence-electron chi connectivity index (χ1n) is 4.04. The van der Waals surface area contributed by atoms with Crippen LogP contribution in [0.15, 0.2) is 0 Å². The molecule has 0 amide bonds. The fourth-order valence-electron chi connectivity index (χ4n) is 0.926. The van der Waals surface area contributed by atoms with Crippen LogP contribution >= 0.6 is 0 Å². The summed E-state index contributed by atoms with van der Waals surface area (Å²) in [6.07, 6.45) is 3.84. The lowest BCUT2D eigenvalue weighted by Gasteiger charge is -2.10. The van der Waals surface area contributed by atoms with Crippen LogP contribution in [0.4, 0.5) is 0 Å². The van der Waals surface area contributed by atoms with Gasteiger partial charge >= 0.3 is 0 Å². The molecule has 0 radical (unpaired) electrons. The second kappa shape index (κ2) is 6.09. The zero-order valence-electron chi connectivity index (χ0n) is 6.91. The molecule has 1 nitrogen and oxygen atoms in total. The predicted octanol–water partition coefficient (Wildman–Crippen LogP) is 2.17. The molecule has 1 heteroatoms. The first-order chi connectivity index (χ1) is 4.31. The second-order valence-electron chi connectivity index (χ2n) is 2.64. The Morgan fingerprint density at radius 1 is 1.22 bits per heavy atom. The average Bonchev–Trinajstić information content (AvgIpc) is 1.85. The number of hydrogen-bond acceptors (Lipinski definition) is 1. The van der Waals surface area contributed by atoms with Crippen LogP contribution in [0, 0.1) is 0 Å². The maximum absolute atomic E-state index is 3.43. The molecule has 0 aliphatic carbocycles. The average molecular weight is 129 g/mol. The van der Waals surface area contributed by atoms with Crippen LogP contribution in [0.3, 0.4) is 0 Å². The lowest BCUT2D eigenvalue weighted by atomic mass is 10.2. The maximum atomic E-state index is 3.43. The van der Waals surface area contributed by atoms with E-state index in [-0.39, 0.29) is 0 Å². The molecule has 0 spiro atoms. The first-order valence-corrected chi connectivity index (χ1v) is 4.04. The molecule has 0 aromatic carbocycles. The summed E-state index contributed by atoms with van der Waals surface area (Å²) in [5.41, 5.74) is 0. The quantitative estimate of drug-likeness (QED) is 0.600. The highest BCUT2D eigenvalue weighted by Gasteiger charge is 1.95. The Morgan fingerprint density at radius 2 is 1.89 bits per heavy atom. The first kappa shape index (κ1) is 8.96. The summed E-state index contributed by atoms with van der Waals surface area (Å²) >= 11 is 0. The lowest BCUT2D eigenvalue weighted by molar-refractivity contribution is 0.508. The van der Waals surface area contributed by atoms with Gasteiger partial charge < -0.3 is 5.32 Å². The van der Waals surface area contributed by atoms with Crippen LogP contribution in [-0.2, 0) is 0 Å². The van der Waals surface area contributed by atoms with Crippen LogP contribution in [0.5, 0.6) is 0 Å². The van der Waals surface area contributed by atoms with Gasteiger partial charge in [-0.05, 0) is 26.3 Å². The smallest absolute Gasteiger partial charge is 0.00386 e. The Labute approximate surface area is 58.8 Å². The third-order valence-corrected chi connectivity index (χ3v) is 1.46. The van der Waals surface area contributed by atoms with Gasteiger partial charge in [-0.15, -0.1) is 0 Å². The molecule has 0 fully saturated rings. The van der Waals surface area contributed by atoms with Crippen molar-refractivity contribution in [3.63, 3.8) is 0 Å². The number of hydrogen-bond donors (Lipinski definition) is 1. The van der Waals surface area contributed by atoms with E-state index in [1.54, 1.807) is 0 Å². The minimum Gasteiger partial charge on any atom is -0.314 e. The van der Waals surface area contributed by atoms with Gasteiger partial charge in [0.1, 0.15) is 0 Å². The summed E-state index contributed by atoms with van der Waals surface area (Å²) in [6, 6.07) is 0.718. The van der Waals surface area contributed by atoms with Gasteiger partial charge in [0.2, 0.25) is 0 Å². The summed E-state index contributed by atoms with van der Waals surface area (Å²) in [5, 5.41) is 3.43. The Hall–Kier alpha value is -0.0400. The van der Waals surface area contributed by atoms with E-state index in [0.29, 0.717) is 0 Å². The molecular formula is C8H19N. The van der Waals surface area contributed by atoms with Gasteiger partial charge in [-0.25, -0.2) is 0 Å². The van der Waals surface area contributed by atoms with Crippen molar-refractivity contribution in [3.8, 4) is 0 Å². The highest BCUT2D eigenvalue weighted by atomic mass is 14.9. The molecule has 0 aromatic heterocycles. The van der Waals surface area contributed by atoms with Crippen molar-refractivity contribution >= 4 is 0 Å². The van der Waals surface area contributed by atoms with Gasteiger partial charge in [0.25, 0.3) is 0 Å². The Bertz CT molecular complexity index is 52.5. The molecule has 1 atom stereocenters. The summed E-state index contributed by atoms with van der Waals surface area (Å²) in [6.45, 7) is 7.84. The Balaban J connectivity index is 2.95. The van der Waals surface area contributed by atoms with Crippen molar-refractivity contribution in [1.82, 2.24) is 5.32 Å². The molecule has 0 rings (SSSR count). The van der Waals surface area contributed by atoms with E-state index in [4.69, 9.17) is 0 Å². The van der Waals surface area contributed by atoms with Crippen molar-refractivity contribution in [2.75, 3.05) is 6.54 Å². The molecule has 0 saturated carbocycles. The normalized spacial score (nSPS) is 13.7. The van der Waals surface area contributed by atoms with Crippen molar-refractivity contribution in [2.45, 2.75) is 46.1 Å². The zero-order chi connectivity index (χ0) is 7.11. The molecule has 0 aliphatic rings. The molecule has 0 heterocycles. The van der Waals surface area contributed by atoms with Gasteiger partial charge in [0, 0.05) is 6.04 Å². The Morgan fingerprint density at radius 3 is 2.33 bits per heavy atom. The Kier molecular flexibility index (Phi) is 6.06. The van der Waals surface area contributed by atoms with E-state index in [2.05, 4.69) is 26.1 Å². The van der Waals surface area contributed by atoms with Crippen LogP contribution in [-0.4, -0.2) is 12.6 Å². The SMILES string of the molecule is CCCN[C@@H](C)CCC. The minimum atomic E-state index is 0.718. The molecule has 1 N–H and O–H groups in total. The highest BCUT2D eigenvalue weighted by Crippen LogP contribution is 1.93. The third kappa shape index (κ3) is 5.84. The van der Waals surface area contributed by atoms with Crippen molar-refractivity contribution in [1.29, 1.82) is 0 Å². The fourth-order valence-corrected chi connectivity index (χ4v) is 0.926. The van der Waals surface area contributed by atoms with Crippen LogP contribution in [0.1, 0.15) is 40.0 Å². The zero-order valence-corrected chi connectivity index (χ0v) is 6.91. The molecule has 0 saturated heterocycles. The fraction of sp³-hybridized carbons (Fsp3) is 1.00. The standard InChI is InChI=1S/C8H19N/c1-4-6-8(3)9-7-5-2/h8-9H,4-7H2,1-3H3/t8-/m0/s1. The number of rotatable bonds is 5. The molecule has 0 unspecified atom stereocenters. The van der Waals surface area contributed by atoms with E-state index in [1.165, 1.54) is 25.8 Å². The van der Waals surface area contributed by atoms with Crippen molar-refractivity contribution < 1.29 is 0 Å². The van der Waals surface area contributed by atoms with Gasteiger partial charge in [-0.3, -0.25) is 0 Å². The minimum absolute atomic E-state index is 0.718. The lowest BCUT2D eigenvalue weighted by Crippen LogP contribution is -2.26. The number of nitrogens with one attached hydrogen (secondary N) is 1. The monoisotopic (exact) mass is 129 g/mol. The second-order valence-corrected chi connectivity index (χ2v) is 2.64. The summed E-state index contributed by atoms with van der Waals surface area (Å²) < 4.78 is 0. The van der Waals surface area contributed by atoms with Crippen molar-refractivity contribution in [2.24, 2.45) is 0 Å². The predicted molar refractivity (Wildman–Crippen MR) is 42.7 cm³/mol. The third-order valence-electron chi connectivity index (χ3n) is 1.46.